The number of carboxylic acid groups (broad SMARTS) is 1. The quantitative estimate of drug-likeness (QED) is 0.740. The Morgan fingerprint density at radius 1 is 1.40 bits per heavy atom. The molecule has 0 aliphatic rings. The van der Waals surface area contributed by atoms with Gasteiger partial charge in [-0.15, -0.1) is 0 Å². The number of fused-ring (bicyclic) bond motifs is 1. The van der Waals surface area contributed by atoms with E-state index in [0.29, 0.717) is 5.75 Å². The number of nitrogens with one attached hydrogen (secondary N) is 1. The van der Waals surface area contributed by atoms with Crippen LogP contribution in [0.4, 0.5) is 4.79 Å². The molecule has 2 aromatic rings. The summed E-state index contributed by atoms with van der Waals surface area (Å²) in [6.07, 6.45) is -1.34. The van der Waals surface area contributed by atoms with E-state index in [2.05, 4.69) is 9.72 Å². The molecule has 1 heterocycles. The Morgan fingerprint density at radius 2 is 2.20 bits per heavy atom. The maximum atomic E-state index is 10.3. The molecule has 0 radical (unpaired) electrons. The zero-order valence-electron chi connectivity index (χ0n) is 7.98. The monoisotopic (exact) mass is 207 g/mol. The Labute approximate surface area is 85.2 Å². The number of carbonyl (C=O) groups is 1. The third kappa shape index (κ3) is 1.85. The Hall–Kier alpha value is -2.17. The van der Waals surface area contributed by atoms with E-state index in [0.717, 1.165) is 10.9 Å². The molecule has 0 fully saturated rings. The number of hydrogen-bond acceptors (Lipinski definition) is 3. The van der Waals surface area contributed by atoms with Crippen molar-refractivity contribution in [2.45, 2.75) is 0 Å². The number of ether oxygens (including phenoxy) is 2. The van der Waals surface area contributed by atoms with Crippen molar-refractivity contribution in [2.75, 3.05) is 7.11 Å². The van der Waals surface area contributed by atoms with Crippen LogP contribution in [0.25, 0.3) is 10.9 Å². The summed E-state index contributed by atoms with van der Waals surface area (Å²) < 4.78 is 9.53. The molecule has 0 aliphatic carbocycles. The maximum Gasteiger partial charge on any atom is 0.512 e. The van der Waals surface area contributed by atoms with Crippen LogP contribution in [0.2, 0.25) is 0 Å². The second kappa shape index (κ2) is 3.53. The number of aromatic nitrogens is 1. The van der Waals surface area contributed by atoms with Gasteiger partial charge in [0.1, 0.15) is 5.75 Å². The lowest BCUT2D eigenvalue weighted by Crippen LogP contribution is -2.02. The van der Waals surface area contributed by atoms with Crippen LogP contribution >= 0.6 is 0 Å². The van der Waals surface area contributed by atoms with Crippen LogP contribution in [0.5, 0.6) is 11.6 Å². The van der Waals surface area contributed by atoms with Gasteiger partial charge >= 0.3 is 6.16 Å². The van der Waals surface area contributed by atoms with Gasteiger partial charge in [-0.05, 0) is 18.2 Å². The summed E-state index contributed by atoms with van der Waals surface area (Å²) in [6.45, 7) is 0. The highest BCUT2D eigenvalue weighted by Crippen LogP contribution is 2.24. The van der Waals surface area contributed by atoms with Gasteiger partial charge in [0.25, 0.3) is 0 Å². The largest absolute Gasteiger partial charge is 0.512 e. The molecule has 2 rings (SSSR count). The number of rotatable bonds is 2. The van der Waals surface area contributed by atoms with E-state index in [1.165, 1.54) is 0 Å². The summed E-state index contributed by atoms with van der Waals surface area (Å²) >= 11 is 0. The van der Waals surface area contributed by atoms with E-state index in [1.807, 2.05) is 0 Å². The second-order valence-electron chi connectivity index (χ2n) is 2.95. The molecule has 0 bridgehead atoms. The first kappa shape index (κ1) is 9.39. The number of benzene rings is 1. The molecule has 0 saturated heterocycles. The fourth-order valence-corrected chi connectivity index (χ4v) is 1.36. The van der Waals surface area contributed by atoms with Crippen molar-refractivity contribution in [1.29, 1.82) is 0 Å². The molecule has 0 atom stereocenters. The molecule has 5 heteroatoms. The average Bonchev–Trinajstić information content (AvgIpc) is 2.57. The molecule has 5 nitrogen and oxygen atoms in total. The highest BCUT2D eigenvalue weighted by atomic mass is 16.7. The van der Waals surface area contributed by atoms with Gasteiger partial charge in [-0.2, -0.15) is 0 Å². The Kier molecular flexibility index (Phi) is 2.21. The molecular weight excluding hydrogens is 198 g/mol. The molecule has 0 amide bonds. The van der Waals surface area contributed by atoms with E-state index in [9.17, 15) is 4.79 Å². The van der Waals surface area contributed by atoms with Crippen molar-refractivity contribution in [2.24, 2.45) is 0 Å². The molecule has 2 N–H and O–H groups in total. The lowest BCUT2D eigenvalue weighted by Gasteiger charge is -1.97. The zero-order chi connectivity index (χ0) is 10.8. The van der Waals surface area contributed by atoms with Crippen LogP contribution in [0.1, 0.15) is 0 Å². The summed E-state index contributed by atoms with van der Waals surface area (Å²) in [5.74, 6) is 0.911. The predicted octanol–water partition coefficient (Wildman–Crippen LogP) is 2.23. The number of hydrogen-bond donors (Lipinski definition) is 2. The van der Waals surface area contributed by atoms with Crippen LogP contribution < -0.4 is 9.47 Å². The van der Waals surface area contributed by atoms with Crippen molar-refractivity contribution in [3.8, 4) is 11.6 Å². The lowest BCUT2D eigenvalue weighted by molar-refractivity contribution is 0.143. The van der Waals surface area contributed by atoms with Crippen LogP contribution in [-0.2, 0) is 0 Å². The molecule has 1 aromatic heterocycles. The third-order valence-corrected chi connectivity index (χ3v) is 2.00. The fraction of sp³-hybridized carbons (Fsp3) is 0.100. The molecule has 15 heavy (non-hydrogen) atoms. The number of H-pyrrole nitrogens is 1. The minimum Gasteiger partial charge on any atom is -0.497 e. The fourth-order valence-electron chi connectivity index (χ4n) is 1.36. The predicted molar refractivity (Wildman–Crippen MR) is 53.5 cm³/mol. The molecule has 0 spiro atoms. The smallest absolute Gasteiger partial charge is 0.497 e. The normalized spacial score (nSPS) is 10.2. The van der Waals surface area contributed by atoms with Gasteiger partial charge in [-0.25, -0.2) is 4.79 Å². The standard InChI is InChI=1S/C10H9NO4/c1-14-7-2-3-8-6(4-7)5-9(11-8)15-10(12)13/h2-5,11H,1H3,(H,12,13). The van der Waals surface area contributed by atoms with Gasteiger partial charge in [-0.1, -0.05) is 0 Å². The second-order valence-corrected chi connectivity index (χ2v) is 2.95. The summed E-state index contributed by atoms with van der Waals surface area (Å²) in [5.41, 5.74) is 0.798. The molecule has 0 aliphatic heterocycles. The van der Waals surface area contributed by atoms with Gasteiger partial charge in [0.15, 0.2) is 0 Å². The lowest BCUT2D eigenvalue weighted by atomic mass is 10.2. The first-order valence-corrected chi connectivity index (χ1v) is 4.26. The first-order chi connectivity index (χ1) is 7.19. The van der Waals surface area contributed by atoms with Gasteiger partial charge in [0.05, 0.1) is 7.11 Å². The highest BCUT2D eigenvalue weighted by Gasteiger charge is 2.05. The van der Waals surface area contributed by atoms with Crippen LogP contribution in [-0.4, -0.2) is 23.4 Å². The minimum atomic E-state index is -1.34. The molecule has 1 aromatic carbocycles. The van der Waals surface area contributed by atoms with Gasteiger partial charge in [0, 0.05) is 17.0 Å². The SMILES string of the molecule is COc1ccc2[nH]c(OC(=O)O)cc2c1. The molecule has 0 unspecified atom stereocenters. The topological polar surface area (TPSA) is 71.5 Å². The minimum absolute atomic E-state index is 0.200. The van der Waals surface area contributed by atoms with E-state index < -0.39 is 6.16 Å². The van der Waals surface area contributed by atoms with E-state index in [1.54, 1.807) is 31.4 Å². The van der Waals surface area contributed by atoms with E-state index in [4.69, 9.17) is 9.84 Å². The molecule has 0 saturated carbocycles. The van der Waals surface area contributed by atoms with Crippen molar-refractivity contribution < 1.29 is 19.4 Å². The van der Waals surface area contributed by atoms with Gasteiger partial charge in [0.2, 0.25) is 5.88 Å². The highest BCUT2D eigenvalue weighted by molar-refractivity contribution is 5.83. The summed E-state index contributed by atoms with van der Waals surface area (Å²) in [6, 6.07) is 6.97. The van der Waals surface area contributed by atoms with Crippen molar-refractivity contribution in [1.82, 2.24) is 4.98 Å². The van der Waals surface area contributed by atoms with Crippen LogP contribution in [0.15, 0.2) is 24.3 Å². The summed E-state index contributed by atoms with van der Waals surface area (Å²) in [7, 11) is 1.57. The van der Waals surface area contributed by atoms with E-state index >= 15 is 0 Å². The van der Waals surface area contributed by atoms with E-state index in [-0.39, 0.29) is 5.88 Å². The Bertz CT molecular complexity index is 503. The van der Waals surface area contributed by atoms with Crippen LogP contribution in [0, 0.1) is 0 Å². The maximum absolute atomic E-state index is 10.3. The van der Waals surface area contributed by atoms with Gasteiger partial charge in [-0.3, -0.25) is 0 Å². The van der Waals surface area contributed by atoms with Crippen molar-refractivity contribution in [3.63, 3.8) is 0 Å². The van der Waals surface area contributed by atoms with Crippen LogP contribution in [0.3, 0.4) is 0 Å². The summed E-state index contributed by atoms with van der Waals surface area (Å²) in [5, 5.41) is 9.26. The van der Waals surface area contributed by atoms with Crippen molar-refractivity contribution >= 4 is 17.1 Å². The molecular formula is C10H9NO4. The summed E-state index contributed by atoms with van der Waals surface area (Å²) in [4.78, 5) is 13.1. The number of aromatic amines is 1. The Balaban J connectivity index is 2.42. The molecule has 78 valence electrons. The number of methoxy groups -OCH3 is 1. The average molecular weight is 207 g/mol. The third-order valence-electron chi connectivity index (χ3n) is 2.00. The zero-order valence-corrected chi connectivity index (χ0v) is 7.98. The van der Waals surface area contributed by atoms with Crippen molar-refractivity contribution in [3.05, 3.63) is 24.3 Å². The first-order valence-electron chi connectivity index (χ1n) is 4.26. The van der Waals surface area contributed by atoms with Gasteiger partial charge < -0.3 is 19.6 Å². The Morgan fingerprint density at radius 3 is 2.87 bits per heavy atom.